The van der Waals surface area contributed by atoms with Crippen LogP contribution in [0.2, 0.25) is 5.02 Å². The maximum atomic E-state index is 6.21. The highest BCUT2D eigenvalue weighted by atomic mass is 79.9. The summed E-state index contributed by atoms with van der Waals surface area (Å²) in [6, 6.07) is 0. The molecule has 0 atom stereocenters. The van der Waals surface area contributed by atoms with Crippen LogP contribution in [-0.4, -0.2) is 47.1 Å². The van der Waals surface area contributed by atoms with Crippen LogP contribution in [-0.2, 0) is 0 Å². The highest BCUT2D eigenvalue weighted by Crippen LogP contribution is 2.30. The van der Waals surface area contributed by atoms with Crippen molar-refractivity contribution in [2.45, 2.75) is 0 Å². The fourth-order valence-electron chi connectivity index (χ4n) is 2.31. The van der Waals surface area contributed by atoms with Gasteiger partial charge in [0.25, 0.3) is 0 Å². The number of hydrogen-bond donors (Lipinski definition) is 0. The van der Waals surface area contributed by atoms with E-state index in [1.807, 2.05) is 0 Å². The Morgan fingerprint density at radius 2 is 1.19 bits per heavy atom. The Balaban J connectivity index is 2.73. The molecular formula is C12B6BrClO. The van der Waals surface area contributed by atoms with Crippen molar-refractivity contribution in [2.75, 3.05) is 0 Å². The van der Waals surface area contributed by atoms with Gasteiger partial charge in [-0.3, -0.25) is 0 Å². The van der Waals surface area contributed by atoms with Crippen molar-refractivity contribution in [1.82, 2.24) is 0 Å². The van der Waals surface area contributed by atoms with E-state index in [1.165, 1.54) is 0 Å². The smallest absolute Gasteiger partial charge is 0.152 e. The fraction of sp³-hybridized carbons (Fsp3) is 0. The molecule has 0 amide bonds. The SMILES string of the molecule is [B]c1c([B])c([B])c2c(oc3c(Cl)c([B])c(Br)c([B])c32)c1[B]. The molecular weight excluding hydrogens is 340 g/mol. The summed E-state index contributed by atoms with van der Waals surface area (Å²) in [7, 11) is 35.6. The summed E-state index contributed by atoms with van der Waals surface area (Å²) in [6.07, 6.45) is 0. The monoisotopic (exact) mass is 340 g/mol. The van der Waals surface area contributed by atoms with Gasteiger partial charge in [0.15, 0.2) is 5.58 Å². The maximum absolute atomic E-state index is 6.21. The molecule has 1 aromatic heterocycles. The van der Waals surface area contributed by atoms with Crippen LogP contribution in [0.3, 0.4) is 0 Å². The first-order valence-electron chi connectivity index (χ1n) is 5.77. The lowest BCUT2D eigenvalue weighted by atomic mass is 9.65. The zero-order valence-electron chi connectivity index (χ0n) is 10.6. The van der Waals surface area contributed by atoms with Gasteiger partial charge in [-0.2, -0.15) is 0 Å². The molecule has 0 N–H and O–H groups in total. The summed E-state index contributed by atoms with van der Waals surface area (Å²) < 4.78 is 6.15. The molecule has 0 bridgehead atoms. The van der Waals surface area contributed by atoms with E-state index in [0.717, 1.165) is 0 Å². The Labute approximate surface area is 143 Å². The number of halogens is 2. The predicted molar refractivity (Wildman–Crippen MR) is 98.8 cm³/mol. The lowest BCUT2D eigenvalue weighted by molar-refractivity contribution is 0.672. The quantitative estimate of drug-likeness (QED) is 0.422. The molecule has 0 aliphatic rings. The molecule has 0 saturated carbocycles. The summed E-state index contributed by atoms with van der Waals surface area (Å²) in [5, 5.41) is 1.17. The molecule has 3 aromatic rings. The second-order valence-corrected chi connectivity index (χ2v) is 5.79. The second kappa shape index (κ2) is 4.96. The van der Waals surface area contributed by atoms with Gasteiger partial charge in [-0.15, -0.1) is 10.9 Å². The molecule has 0 saturated heterocycles. The minimum atomic E-state index is 0.154. The van der Waals surface area contributed by atoms with Gasteiger partial charge < -0.3 is 4.42 Å². The van der Waals surface area contributed by atoms with Gasteiger partial charge in [0.1, 0.15) is 52.7 Å². The number of fused-ring (bicyclic) bond motifs is 3. The van der Waals surface area contributed by atoms with E-state index in [-0.39, 0.29) is 43.5 Å². The molecule has 2 aromatic carbocycles. The Hall–Kier alpha value is -0.600. The molecule has 1 nitrogen and oxygen atoms in total. The zero-order valence-corrected chi connectivity index (χ0v) is 13.0. The molecule has 9 heteroatoms. The van der Waals surface area contributed by atoms with Gasteiger partial charge in [0, 0.05) is 15.2 Å². The lowest BCUT2D eigenvalue weighted by Gasteiger charge is -2.13. The van der Waals surface area contributed by atoms with Gasteiger partial charge >= 0.3 is 0 Å². The van der Waals surface area contributed by atoms with Crippen LogP contribution in [0.15, 0.2) is 8.89 Å². The van der Waals surface area contributed by atoms with E-state index < -0.39 is 0 Å². The molecule has 3 rings (SSSR count). The fourth-order valence-corrected chi connectivity index (χ4v) is 3.05. The Morgan fingerprint density at radius 1 is 0.667 bits per heavy atom. The van der Waals surface area contributed by atoms with Crippen LogP contribution < -0.4 is 32.8 Å². The van der Waals surface area contributed by atoms with E-state index in [0.29, 0.717) is 20.7 Å². The van der Waals surface area contributed by atoms with Crippen LogP contribution in [0.1, 0.15) is 0 Å². The molecule has 12 radical (unpaired) electrons. The van der Waals surface area contributed by atoms with E-state index in [2.05, 4.69) is 15.9 Å². The van der Waals surface area contributed by atoms with Crippen molar-refractivity contribution in [3.63, 3.8) is 0 Å². The van der Waals surface area contributed by atoms with Crippen molar-refractivity contribution in [3.8, 4) is 0 Å². The van der Waals surface area contributed by atoms with Crippen LogP contribution in [0, 0.1) is 0 Å². The highest BCUT2D eigenvalue weighted by Gasteiger charge is 2.20. The normalized spacial score (nSPS) is 11.5. The molecule has 1 heterocycles. The first-order chi connectivity index (χ1) is 9.77. The molecule has 0 aliphatic carbocycles. The third-order valence-electron chi connectivity index (χ3n) is 3.47. The van der Waals surface area contributed by atoms with Gasteiger partial charge in [-0.1, -0.05) is 49.4 Å². The van der Waals surface area contributed by atoms with Crippen molar-refractivity contribution < 1.29 is 4.42 Å². The van der Waals surface area contributed by atoms with Crippen LogP contribution in [0.25, 0.3) is 21.9 Å². The van der Waals surface area contributed by atoms with Crippen LogP contribution >= 0.6 is 27.5 Å². The lowest BCUT2D eigenvalue weighted by Crippen LogP contribution is -2.47. The molecule has 0 aliphatic heterocycles. The largest absolute Gasteiger partial charge is 0.455 e. The van der Waals surface area contributed by atoms with Crippen LogP contribution in [0.5, 0.6) is 0 Å². The van der Waals surface area contributed by atoms with Crippen molar-refractivity contribution in [1.29, 1.82) is 0 Å². The third kappa shape index (κ3) is 1.91. The minimum absolute atomic E-state index is 0.154. The standard InChI is InChI=1S/C12B6BrClO/c13-3-1-2-4(14)9(19)8(18)10(20)12(2)21-11(1)7(17)6(16)5(3)15. The Bertz CT molecular complexity index is 861. The van der Waals surface area contributed by atoms with E-state index in [1.54, 1.807) is 0 Å². The third-order valence-corrected chi connectivity index (χ3v) is 4.70. The van der Waals surface area contributed by atoms with Gasteiger partial charge in [0.05, 0.1) is 5.02 Å². The number of furan rings is 1. The first-order valence-corrected chi connectivity index (χ1v) is 6.94. The summed E-state index contributed by atoms with van der Waals surface area (Å²) in [4.78, 5) is 0. The number of benzene rings is 2. The highest BCUT2D eigenvalue weighted by molar-refractivity contribution is 9.10. The van der Waals surface area contributed by atoms with Crippen LogP contribution in [0.4, 0.5) is 0 Å². The van der Waals surface area contributed by atoms with Crippen molar-refractivity contribution >= 4 is 129 Å². The molecule has 21 heavy (non-hydrogen) atoms. The second-order valence-electron chi connectivity index (χ2n) is 4.62. The van der Waals surface area contributed by atoms with E-state index in [4.69, 9.17) is 63.1 Å². The maximum Gasteiger partial charge on any atom is 0.152 e. The van der Waals surface area contributed by atoms with E-state index >= 15 is 0 Å². The van der Waals surface area contributed by atoms with Gasteiger partial charge in [-0.25, -0.2) is 0 Å². The average molecular weight is 340 g/mol. The average Bonchev–Trinajstić information content (AvgIpc) is 2.87. The molecule has 0 fully saturated rings. The number of rotatable bonds is 0. The summed E-state index contributed by atoms with van der Waals surface area (Å²) in [5.41, 5.74) is 1.90. The zero-order chi connectivity index (χ0) is 15.6. The Morgan fingerprint density at radius 3 is 1.81 bits per heavy atom. The number of hydrogen-bond acceptors (Lipinski definition) is 1. The Kier molecular flexibility index (Phi) is 3.61. The topological polar surface area (TPSA) is 13.1 Å². The summed E-state index contributed by atoms with van der Waals surface area (Å²) in [5.74, 6) is 0. The predicted octanol–water partition coefficient (Wildman–Crippen LogP) is -2.24. The molecule has 0 unspecified atom stereocenters. The minimum Gasteiger partial charge on any atom is -0.455 e. The van der Waals surface area contributed by atoms with Crippen molar-refractivity contribution in [3.05, 3.63) is 9.50 Å². The van der Waals surface area contributed by atoms with E-state index in [9.17, 15) is 0 Å². The summed E-state index contributed by atoms with van der Waals surface area (Å²) in [6.45, 7) is 0. The first kappa shape index (κ1) is 15.3. The van der Waals surface area contributed by atoms with Gasteiger partial charge in [-0.05, 0) is 0 Å². The molecule has 86 valence electrons. The van der Waals surface area contributed by atoms with Crippen molar-refractivity contribution in [2.24, 2.45) is 0 Å². The van der Waals surface area contributed by atoms with Gasteiger partial charge in [0.2, 0.25) is 0 Å². The molecule has 0 spiro atoms. The summed E-state index contributed by atoms with van der Waals surface area (Å²) >= 11 is 9.50.